The van der Waals surface area contributed by atoms with E-state index in [9.17, 15) is 9.18 Å². The standard InChI is InChI=1S/C13H18FNO2/c1-4-9-17-13(16)15(3)10(2)11-5-7-12(14)8-6-11/h5-8,10H,4,9H2,1-3H3. The van der Waals surface area contributed by atoms with Crippen LogP contribution in [-0.4, -0.2) is 24.6 Å². The summed E-state index contributed by atoms with van der Waals surface area (Å²) in [5.41, 5.74) is 0.877. The third kappa shape index (κ3) is 3.73. The Balaban J connectivity index is 2.65. The quantitative estimate of drug-likeness (QED) is 0.806. The second kappa shape index (κ2) is 6.23. The zero-order valence-corrected chi connectivity index (χ0v) is 10.4. The van der Waals surface area contributed by atoms with Crippen molar-refractivity contribution in [1.82, 2.24) is 4.90 Å². The van der Waals surface area contributed by atoms with Gasteiger partial charge in [0.1, 0.15) is 5.82 Å². The normalized spacial score (nSPS) is 12.0. The Morgan fingerprint density at radius 3 is 2.53 bits per heavy atom. The number of hydrogen-bond donors (Lipinski definition) is 0. The first-order valence-electron chi connectivity index (χ1n) is 5.71. The number of halogens is 1. The van der Waals surface area contributed by atoms with Gasteiger partial charge in [0.25, 0.3) is 0 Å². The molecule has 0 heterocycles. The number of hydrogen-bond acceptors (Lipinski definition) is 2. The van der Waals surface area contributed by atoms with E-state index in [1.54, 1.807) is 19.2 Å². The van der Waals surface area contributed by atoms with E-state index in [-0.39, 0.29) is 18.0 Å². The van der Waals surface area contributed by atoms with Crippen molar-refractivity contribution in [3.05, 3.63) is 35.6 Å². The summed E-state index contributed by atoms with van der Waals surface area (Å²) in [6.07, 6.45) is 0.438. The summed E-state index contributed by atoms with van der Waals surface area (Å²) in [5, 5.41) is 0. The molecule has 4 heteroatoms. The van der Waals surface area contributed by atoms with Crippen LogP contribution < -0.4 is 0 Å². The van der Waals surface area contributed by atoms with Crippen LogP contribution in [0.3, 0.4) is 0 Å². The summed E-state index contributed by atoms with van der Waals surface area (Å²) in [6.45, 7) is 4.23. The summed E-state index contributed by atoms with van der Waals surface area (Å²) in [4.78, 5) is 13.1. The predicted octanol–water partition coefficient (Wildman–Crippen LogP) is 3.37. The van der Waals surface area contributed by atoms with E-state index in [0.717, 1.165) is 12.0 Å². The molecule has 0 aliphatic rings. The maximum Gasteiger partial charge on any atom is 0.410 e. The van der Waals surface area contributed by atoms with Gasteiger partial charge in [-0.3, -0.25) is 0 Å². The Morgan fingerprint density at radius 1 is 1.41 bits per heavy atom. The van der Waals surface area contributed by atoms with Gasteiger partial charge >= 0.3 is 6.09 Å². The lowest BCUT2D eigenvalue weighted by Crippen LogP contribution is -2.30. The van der Waals surface area contributed by atoms with Crippen molar-refractivity contribution in [2.45, 2.75) is 26.3 Å². The fraction of sp³-hybridized carbons (Fsp3) is 0.462. The molecule has 0 saturated carbocycles. The van der Waals surface area contributed by atoms with E-state index < -0.39 is 0 Å². The minimum absolute atomic E-state index is 0.139. The van der Waals surface area contributed by atoms with Gasteiger partial charge in [0.15, 0.2) is 0 Å². The van der Waals surface area contributed by atoms with Crippen molar-refractivity contribution >= 4 is 6.09 Å². The molecule has 1 aromatic carbocycles. The SMILES string of the molecule is CCCOC(=O)N(C)C(C)c1ccc(F)cc1. The molecule has 0 bridgehead atoms. The average Bonchev–Trinajstić information content (AvgIpc) is 2.35. The highest BCUT2D eigenvalue weighted by atomic mass is 19.1. The Labute approximate surface area is 101 Å². The predicted molar refractivity (Wildman–Crippen MR) is 64.2 cm³/mol. The highest BCUT2D eigenvalue weighted by Gasteiger charge is 2.18. The van der Waals surface area contributed by atoms with Gasteiger partial charge in [0.2, 0.25) is 0 Å². The van der Waals surface area contributed by atoms with Crippen LogP contribution in [0.15, 0.2) is 24.3 Å². The summed E-state index contributed by atoms with van der Waals surface area (Å²) in [6, 6.07) is 5.97. The maximum absolute atomic E-state index is 12.8. The van der Waals surface area contributed by atoms with Crippen LogP contribution in [0.1, 0.15) is 31.9 Å². The van der Waals surface area contributed by atoms with Crippen molar-refractivity contribution in [3.8, 4) is 0 Å². The molecule has 0 radical (unpaired) electrons. The fourth-order valence-electron chi connectivity index (χ4n) is 1.41. The first kappa shape index (κ1) is 13.5. The average molecular weight is 239 g/mol. The molecule has 1 amide bonds. The molecule has 1 aromatic rings. The van der Waals surface area contributed by atoms with Gasteiger partial charge in [0, 0.05) is 7.05 Å². The van der Waals surface area contributed by atoms with E-state index >= 15 is 0 Å². The largest absolute Gasteiger partial charge is 0.449 e. The zero-order valence-electron chi connectivity index (χ0n) is 10.4. The van der Waals surface area contributed by atoms with Crippen LogP contribution in [0.4, 0.5) is 9.18 Å². The van der Waals surface area contributed by atoms with Crippen LogP contribution in [0.5, 0.6) is 0 Å². The molecular formula is C13H18FNO2. The molecule has 1 rings (SSSR count). The van der Waals surface area contributed by atoms with Gasteiger partial charge in [-0.2, -0.15) is 0 Å². The van der Waals surface area contributed by atoms with Crippen LogP contribution in [0, 0.1) is 5.82 Å². The maximum atomic E-state index is 12.8. The lowest BCUT2D eigenvalue weighted by Gasteiger charge is -2.24. The van der Waals surface area contributed by atoms with E-state index in [1.165, 1.54) is 17.0 Å². The summed E-state index contributed by atoms with van der Waals surface area (Å²) < 4.78 is 17.8. The number of carbonyl (C=O) groups is 1. The van der Waals surface area contributed by atoms with Gasteiger partial charge in [-0.05, 0) is 31.0 Å². The molecule has 94 valence electrons. The van der Waals surface area contributed by atoms with Crippen LogP contribution >= 0.6 is 0 Å². The number of rotatable bonds is 4. The van der Waals surface area contributed by atoms with Gasteiger partial charge in [0.05, 0.1) is 12.6 Å². The van der Waals surface area contributed by atoms with Crippen molar-refractivity contribution < 1.29 is 13.9 Å². The van der Waals surface area contributed by atoms with Crippen molar-refractivity contribution in [1.29, 1.82) is 0 Å². The van der Waals surface area contributed by atoms with E-state index in [4.69, 9.17) is 4.74 Å². The molecule has 0 saturated heterocycles. The molecular weight excluding hydrogens is 221 g/mol. The Bertz CT molecular complexity index is 364. The molecule has 0 aliphatic carbocycles. The molecule has 0 spiro atoms. The monoisotopic (exact) mass is 239 g/mol. The Morgan fingerprint density at radius 2 is 2.00 bits per heavy atom. The van der Waals surface area contributed by atoms with Gasteiger partial charge in [-0.25, -0.2) is 9.18 Å². The highest BCUT2D eigenvalue weighted by molar-refractivity contribution is 5.67. The highest BCUT2D eigenvalue weighted by Crippen LogP contribution is 2.19. The van der Waals surface area contributed by atoms with Gasteiger partial charge < -0.3 is 9.64 Å². The van der Waals surface area contributed by atoms with Gasteiger partial charge in [-0.15, -0.1) is 0 Å². The zero-order chi connectivity index (χ0) is 12.8. The van der Waals surface area contributed by atoms with Crippen LogP contribution in [0.2, 0.25) is 0 Å². The lowest BCUT2D eigenvalue weighted by atomic mass is 10.1. The van der Waals surface area contributed by atoms with E-state index in [1.807, 2.05) is 13.8 Å². The van der Waals surface area contributed by atoms with E-state index in [0.29, 0.717) is 6.61 Å². The number of amides is 1. The van der Waals surface area contributed by atoms with Crippen LogP contribution in [0.25, 0.3) is 0 Å². The second-order valence-corrected chi connectivity index (χ2v) is 3.95. The summed E-state index contributed by atoms with van der Waals surface area (Å²) >= 11 is 0. The molecule has 0 aromatic heterocycles. The number of nitrogens with zero attached hydrogens (tertiary/aromatic N) is 1. The minimum Gasteiger partial charge on any atom is -0.449 e. The number of ether oxygens (including phenoxy) is 1. The molecule has 3 nitrogen and oxygen atoms in total. The number of carbonyl (C=O) groups excluding carboxylic acids is 1. The third-order valence-electron chi connectivity index (χ3n) is 2.65. The fourth-order valence-corrected chi connectivity index (χ4v) is 1.41. The van der Waals surface area contributed by atoms with Crippen molar-refractivity contribution in [2.75, 3.05) is 13.7 Å². The van der Waals surface area contributed by atoms with Crippen molar-refractivity contribution in [2.24, 2.45) is 0 Å². The Kier molecular flexibility index (Phi) is 4.94. The first-order chi connectivity index (χ1) is 8.06. The molecule has 0 aliphatic heterocycles. The van der Waals surface area contributed by atoms with Crippen LogP contribution in [-0.2, 0) is 4.74 Å². The number of benzene rings is 1. The first-order valence-corrected chi connectivity index (χ1v) is 5.71. The third-order valence-corrected chi connectivity index (χ3v) is 2.65. The van der Waals surface area contributed by atoms with E-state index in [2.05, 4.69) is 0 Å². The summed E-state index contributed by atoms with van der Waals surface area (Å²) in [5.74, 6) is -0.280. The summed E-state index contributed by atoms with van der Waals surface area (Å²) in [7, 11) is 1.67. The molecule has 17 heavy (non-hydrogen) atoms. The molecule has 1 atom stereocenters. The molecule has 0 fully saturated rings. The smallest absolute Gasteiger partial charge is 0.410 e. The molecule has 1 unspecified atom stereocenters. The lowest BCUT2D eigenvalue weighted by molar-refractivity contribution is 0.0995. The Hall–Kier alpha value is -1.58. The van der Waals surface area contributed by atoms with Crippen molar-refractivity contribution in [3.63, 3.8) is 0 Å². The molecule has 0 N–H and O–H groups in total. The minimum atomic E-state index is -0.358. The second-order valence-electron chi connectivity index (χ2n) is 3.95. The topological polar surface area (TPSA) is 29.5 Å². The van der Waals surface area contributed by atoms with Gasteiger partial charge in [-0.1, -0.05) is 19.1 Å².